The van der Waals surface area contributed by atoms with Crippen LogP contribution in [0.5, 0.6) is 0 Å². The summed E-state index contributed by atoms with van der Waals surface area (Å²) in [6, 6.07) is 0.378. The maximum Gasteiger partial charge on any atom is 0.230 e. The average Bonchev–Trinajstić information content (AvgIpc) is 2.88. The normalized spacial score (nSPS) is 24.0. The molecule has 1 saturated carbocycles. The fraction of sp³-hybridized carbons (Fsp3) is 0.722. The van der Waals surface area contributed by atoms with Gasteiger partial charge < -0.3 is 5.32 Å². The molecule has 3 rings (SSSR count). The van der Waals surface area contributed by atoms with Gasteiger partial charge in [-0.05, 0) is 26.2 Å². The van der Waals surface area contributed by atoms with Crippen LogP contribution in [0.25, 0.3) is 0 Å². The molecule has 0 spiro atoms. The molecular formula is C18H27N3OS2. The molecule has 2 heterocycles. The van der Waals surface area contributed by atoms with Crippen molar-refractivity contribution in [2.24, 2.45) is 0 Å². The predicted molar refractivity (Wildman–Crippen MR) is 101 cm³/mol. The largest absolute Gasteiger partial charge is 0.353 e. The molecule has 24 heavy (non-hydrogen) atoms. The highest BCUT2D eigenvalue weighted by molar-refractivity contribution is 8.01. The SMILES string of the molecule is CC[C@@H]1c2c(SCC(=O)NC3CCCCC3)nc(C)nc2S[C@@H]1C. The molecule has 1 aliphatic carbocycles. The van der Waals surface area contributed by atoms with E-state index in [4.69, 9.17) is 0 Å². The Balaban J connectivity index is 1.66. The number of nitrogens with zero attached hydrogens (tertiary/aromatic N) is 2. The Labute approximate surface area is 153 Å². The molecule has 2 atom stereocenters. The Bertz CT molecular complexity index is 602. The fourth-order valence-corrected chi connectivity index (χ4v) is 6.15. The number of amides is 1. The lowest BCUT2D eigenvalue weighted by atomic mass is 9.95. The molecule has 1 aromatic rings. The van der Waals surface area contributed by atoms with Crippen LogP contribution in [0, 0.1) is 6.92 Å². The van der Waals surface area contributed by atoms with Crippen LogP contribution in [0.4, 0.5) is 0 Å². The highest BCUT2D eigenvalue weighted by Crippen LogP contribution is 2.48. The number of nitrogens with one attached hydrogen (secondary N) is 1. The summed E-state index contributed by atoms with van der Waals surface area (Å²) in [6.45, 7) is 6.43. The number of aromatic nitrogens is 2. The number of carbonyl (C=O) groups is 1. The lowest BCUT2D eigenvalue weighted by Crippen LogP contribution is -2.37. The Hall–Kier alpha value is -0.750. The third-order valence-electron chi connectivity index (χ3n) is 4.97. The van der Waals surface area contributed by atoms with Gasteiger partial charge in [0.15, 0.2) is 0 Å². The van der Waals surface area contributed by atoms with Crippen molar-refractivity contribution in [1.29, 1.82) is 0 Å². The number of carbonyl (C=O) groups excluding carboxylic acids is 1. The number of fused-ring (bicyclic) bond motifs is 1. The maximum absolute atomic E-state index is 12.3. The molecule has 0 unspecified atom stereocenters. The van der Waals surface area contributed by atoms with Gasteiger partial charge in [0.2, 0.25) is 5.91 Å². The summed E-state index contributed by atoms with van der Waals surface area (Å²) < 4.78 is 0. The predicted octanol–water partition coefficient (Wildman–Crippen LogP) is 4.31. The maximum atomic E-state index is 12.3. The molecule has 1 N–H and O–H groups in total. The van der Waals surface area contributed by atoms with Crippen LogP contribution in [0.3, 0.4) is 0 Å². The molecule has 4 nitrogen and oxygen atoms in total. The zero-order chi connectivity index (χ0) is 17.1. The van der Waals surface area contributed by atoms with Crippen LogP contribution in [0.1, 0.15) is 69.7 Å². The summed E-state index contributed by atoms with van der Waals surface area (Å²) in [4.78, 5) is 21.6. The van der Waals surface area contributed by atoms with E-state index in [-0.39, 0.29) is 5.91 Å². The summed E-state index contributed by atoms with van der Waals surface area (Å²) in [7, 11) is 0. The smallest absolute Gasteiger partial charge is 0.230 e. The zero-order valence-corrected chi connectivity index (χ0v) is 16.4. The van der Waals surface area contributed by atoms with Gasteiger partial charge in [0.05, 0.1) is 5.75 Å². The quantitative estimate of drug-likeness (QED) is 0.622. The van der Waals surface area contributed by atoms with Crippen molar-refractivity contribution >= 4 is 29.4 Å². The minimum atomic E-state index is 0.142. The summed E-state index contributed by atoms with van der Waals surface area (Å²) in [5, 5.41) is 5.87. The Morgan fingerprint density at radius 2 is 2.04 bits per heavy atom. The van der Waals surface area contributed by atoms with Crippen LogP contribution in [-0.4, -0.2) is 32.9 Å². The van der Waals surface area contributed by atoms with Crippen LogP contribution in [-0.2, 0) is 4.79 Å². The van der Waals surface area contributed by atoms with Gasteiger partial charge in [-0.25, -0.2) is 9.97 Å². The zero-order valence-electron chi connectivity index (χ0n) is 14.8. The second-order valence-corrected chi connectivity index (χ2v) is 9.15. The molecule has 2 aliphatic rings. The third kappa shape index (κ3) is 4.07. The van der Waals surface area contributed by atoms with Gasteiger partial charge in [-0.3, -0.25) is 4.79 Å². The first kappa shape index (κ1) is 18.1. The molecule has 6 heteroatoms. The molecule has 1 aromatic heterocycles. The van der Waals surface area contributed by atoms with E-state index in [0.29, 0.717) is 23.0 Å². The summed E-state index contributed by atoms with van der Waals surface area (Å²) in [5.41, 5.74) is 1.27. The van der Waals surface area contributed by atoms with E-state index in [9.17, 15) is 4.79 Å². The number of rotatable bonds is 5. The number of hydrogen-bond donors (Lipinski definition) is 1. The minimum absolute atomic E-state index is 0.142. The van der Waals surface area contributed by atoms with E-state index >= 15 is 0 Å². The van der Waals surface area contributed by atoms with Crippen molar-refractivity contribution < 1.29 is 4.79 Å². The second-order valence-electron chi connectivity index (χ2n) is 6.82. The number of thioether (sulfide) groups is 2. The molecule has 0 saturated heterocycles. The van der Waals surface area contributed by atoms with Crippen LogP contribution in [0.2, 0.25) is 0 Å². The third-order valence-corrected chi connectivity index (χ3v) is 7.20. The van der Waals surface area contributed by atoms with Gasteiger partial charge in [-0.15, -0.1) is 11.8 Å². The molecular weight excluding hydrogens is 338 g/mol. The van der Waals surface area contributed by atoms with E-state index < -0.39 is 0 Å². The van der Waals surface area contributed by atoms with Crippen LogP contribution in [0.15, 0.2) is 10.1 Å². The van der Waals surface area contributed by atoms with Gasteiger partial charge >= 0.3 is 0 Å². The van der Waals surface area contributed by atoms with Gasteiger partial charge in [0.25, 0.3) is 0 Å². The summed E-state index contributed by atoms with van der Waals surface area (Å²) in [6.07, 6.45) is 7.14. The van der Waals surface area contributed by atoms with E-state index in [1.807, 2.05) is 18.7 Å². The molecule has 0 bridgehead atoms. The number of aryl methyl sites for hydroxylation is 1. The molecule has 1 aliphatic heterocycles. The van der Waals surface area contributed by atoms with Crippen molar-refractivity contribution in [3.8, 4) is 0 Å². The van der Waals surface area contributed by atoms with Crippen molar-refractivity contribution in [3.63, 3.8) is 0 Å². The van der Waals surface area contributed by atoms with E-state index in [1.165, 1.54) is 24.8 Å². The highest BCUT2D eigenvalue weighted by atomic mass is 32.2. The van der Waals surface area contributed by atoms with Gasteiger partial charge in [0.1, 0.15) is 15.9 Å². The Morgan fingerprint density at radius 3 is 2.75 bits per heavy atom. The van der Waals surface area contributed by atoms with Gasteiger partial charge in [-0.1, -0.05) is 44.9 Å². The van der Waals surface area contributed by atoms with Crippen molar-refractivity contribution in [2.45, 2.75) is 86.6 Å². The monoisotopic (exact) mass is 365 g/mol. The first-order valence-electron chi connectivity index (χ1n) is 9.05. The minimum Gasteiger partial charge on any atom is -0.353 e. The van der Waals surface area contributed by atoms with E-state index in [2.05, 4.69) is 29.1 Å². The Morgan fingerprint density at radius 1 is 1.29 bits per heavy atom. The van der Waals surface area contributed by atoms with Crippen molar-refractivity contribution in [3.05, 3.63) is 11.4 Å². The first-order chi connectivity index (χ1) is 11.6. The first-order valence-corrected chi connectivity index (χ1v) is 10.9. The summed E-state index contributed by atoms with van der Waals surface area (Å²) in [5.74, 6) is 1.90. The highest BCUT2D eigenvalue weighted by Gasteiger charge is 2.33. The van der Waals surface area contributed by atoms with E-state index in [0.717, 1.165) is 35.1 Å². The lowest BCUT2D eigenvalue weighted by Gasteiger charge is -2.22. The van der Waals surface area contributed by atoms with Crippen molar-refractivity contribution in [1.82, 2.24) is 15.3 Å². The van der Waals surface area contributed by atoms with Crippen LogP contribution >= 0.6 is 23.5 Å². The number of hydrogen-bond acceptors (Lipinski definition) is 5. The van der Waals surface area contributed by atoms with Gasteiger partial charge in [-0.2, -0.15) is 0 Å². The molecule has 0 radical (unpaired) electrons. The lowest BCUT2D eigenvalue weighted by molar-refractivity contribution is -0.119. The van der Waals surface area contributed by atoms with Crippen LogP contribution < -0.4 is 5.32 Å². The second kappa shape index (κ2) is 8.09. The van der Waals surface area contributed by atoms with Crippen molar-refractivity contribution in [2.75, 3.05) is 5.75 Å². The van der Waals surface area contributed by atoms with Gasteiger partial charge in [0, 0.05) is 22.8 Å². The Kier molecular flexibility index (Phi) is 6.08. The molecule has 1 amide bonds. The fourth-order valence-electron chi connectivity index (χ4n) is 3.73. The molecule has 1 fully saturated rings. The average molecular weight is 366 g/mol. The summed E-state index contributed by atoms with van der Waals surface area (Å²) >= 11 is 3.43. The molecule has 0 aromatic carbocycles. The van der Waals surface area contributed by atoms with E-state index in [1.54, 1.807) is 11.8 Å². The topological polar surface area (TPSA) is 54.9 Å². The molecule has 132 valence electrons. The standard InChI is InChI=1S/C18H27N3OS2/c1-4-14-11(2)24-18-16(14)17(19-12(3)20-18)23-10-15(22)21-13-8-6-5-7-9-13/h11,13-14H,4-10H2,1-3H3,(H,21,22)/t11-,14+/m1/s1.